The maximum absolute atomic E-state index is 12.7. The Bertz CT molecular complexity index is 810. The Morgan fingerprint density at radius 3 is 2.76 bits per heavy atom. The number of hydrogen-bond acceptors (Lipinski definition) is 4. The molecule has 1 atom stereocenters. The number of carboxylic acid groups (broad SMARTS) is 1. The van der Waals surface area contributed by atoms with Crippen LogP contribution in [0.15, 0.2) is 39.9 Å². The lowest BCUT2D eigenvalue weighted by Gasteiger charge is -2.18. The average molecular weight is 323 g/mol. The number of sulfonamides is 1. The molecule has 0 saturated heterocycles. The second-order valence-corrected chi connectivity index (χ2v) is 7.96. The van der Waals surface area contributed by atoms with Crippen molar-refractivity contribution in [3.05, 3.63) is 46.8 Å². The highest BCUT2D eigenvalue weighted by molar-refractivity contribution is 7.94. The Morgan fingerprint density at radius 1 is 1.38 bits per heavy atom. The summed E-state index contributed by atoms with van der Waals surface area (Å²) in [6, 6.07) is 8.61. The highest BCUT2D eigenvalue weighted by Gasteiger charge is 2.35. The summed E-state index contributed by atoms with van der Waals surface area (Å²) >= 11 is 0.937. The van der Waals surface area contributed by atoms with Crippen LogP contribution in [-0.4, -0.2) is 26.0 Å². The van der Waals surface area contributed by atoms with Crippen LogP contribution in [0.3, 0.4) is 0 Å². The zero-order valence-electron chi connectivity index (χ0n) is 11.2. The van der Waals surface area contributed by atoms with E-state index in [2.05, 4.69) is 0 Å². The van der Waals surface area contributed by atoms with Gasteiger partial charge in [-0.25, -0.2) is 13.2 Å². The van der Waals surface area contributed by atoms with E-state index in [4.69, 9.17) is 5.11 Å². The number of anilines is 1. The van der Waals surface area contributed by atoms with Gasteiger partial charge in [0.15, 0.2) is 0 Å². The molecule has 2 aromatic rings. The van der Waals surface area contributed by atoms with Gasteiger partial charge in [-0.15, -0.1) is 11.3 Å². The summed E-state index contributed by atoms with van der Waals surface area (Å²) in [4.78, 5) is 10.9. The smallest absolute Gasteiger partial charge is 0.336 e. The Kier molecular flexibility index (Phi) is 3.26. The van der Waals surface area contributed by atoms with Gasteiger partial charge in [0.05, 0.1) is 11.3 Å². The molecule has 0 spiro atoms. The number of aromatic carboxylic acids is 1. The zero-order chi connectivity index (χ0) is 15.2. The van der Waals surface area contributed by atoms with Gasteiger partial charge in [0.1, 0.15) is 4.21 Å². The molecule has 21 heavy (non-hydrogen) atoms. The SMILES string of the molecule is CC1CN(S(=O)(=O)c2cc(C(=O)O)cs2)c2ccccc21. The molecule has 0 radical (unpaired) electrons. The fourth-order valence-electron chi connectivity index (χ4n) is 2.48. The third-order valence-electron chi connectivity index (χ3n) is 3.54. The summed E-state index contributed by atoms with van der Waals surface area (Å²) in [6.07, 6.45) is 0. The van der Waals surface area contributed by atoms with Crippen LogP contribution in [0.1, 0.15) is 28.8 Å². The van der Waals surface area contributed by atoms with Gasteiger partial charge >= 0.3 is 5.97 Å². The number of thiophene rings is 1. The quantitative estimate of drug-likeness (QED) is 0.942. The molecule has 1 aliphatic heterocycles. The van der Waals surface area contributed by atoms with Gasteiger partial charge in [-0.1, -0.05) is 25.1 Å². The topological polar surface area (TPSA) is 74.7 Å². The number of hydrogen-bond donors (Lipinski definition) is 1. The number of fused-ring (bicyclic) bond motifs is 1. The summed E-state index contributed by atoms with van der Waals surface area (Å²) in [7, 11) is -3.71. The zero-order valence-corrected chi connectivity index (χ0v) is 12.8. The van der Waals surface area contributed by atoms with Gasteiger partial charge in [0, 0.05) is 17.8 Å². The van der Waals surface area contributed by atoms with E-state index < -0.39 is 16.0 Å². The van der Waals surface area contributed by atoms with Crippen molar-refractivity contribution in [3.8, 4) is 0 Å². The first kappa shape index (κ1) is 14.1. The molecular weight excluding hydrogens is 310 g/mol. The number of carboxylic acids is 1. The van der Waals surface area contributed by atoms with Crippen LogP contribution in [-0.2, 0) is 10.0 Å². The van der Waals surface area contributed by atoms with E-state index in [-0.39, 0.29) is 15.7 Å². The number of carbonyl (C=O) groups is 1. The molecule has 2 heterocycles. The minimum Gasteiger partial charge on any atom is -0.478 e. The molecule has 1 aliphatic rings. The van der Waals surface area contributed by atoms with Gasteiger partial charge in [0.2, 0.25) is 0 Å². The van der Waals surface area contributed by atoms with Crippen molar-refractivity contribution in [2.24, 2.45) is 0 Å². The van der Waals surface area contributed by atoms with Gasteiger partial charge in [0.25, 0.3) is 10.0 Å². The van der Waals surface area contributed by atoms with Crippen LogP contribution in [0.2, 0.25) is 0 Å². The first-order valence-corrected chi connectivity index (χ1v) is 8.66. The van der Waals surface area contributed by atoms with Gasteiger partial charge in [-0.3, -0.25) is 4.31 Å². The van der Waals surface area contributed by atoms with E-state index in [1.807, 2.05) is 19.1 Å². The summed E-state index contributed by atoms with van der Waals surface area (Å²) in [5, 5.41) is 10.3. The van der Waals surface area contributed by atoms with Gasteiger partial charge < -0.3 is 5.11 Å². The Morgan fingerprint density at radius 2 is 2.10 bits per heavy atom. The average Bonchev–Trinajstić information content (AvgIpc) is 3.05. The predicted octanol–water partition coefficient (Wildman–Crippen LogP) is 2.76. The third-order valence-corrected chi connectivity index (χ3v) is 6.74. The van der Waals surface area contributed by atoms with Crippen LogP contribution >= 0.6 is 11.3 Å². The lowest BCUT2D eigenvalue weighted by molar-refractivity contribution is 0.0697. The highest BCUT2D eigenvalue weighted by Crippen LogP contribution is 2.40. The Balaban J connectivity index is 2.05. The third kappa shape index (κ3) is 2.22. The first-order valence-electron chi connectivity index (χ1n) is 6.35. The molecule has 1 N–H and O–H groups in total. The molecule has 3 rings (SSSR count). The highest BCUT2D eigenvalue weighted by atomic mass is 32.2. The summed E-state index contributed by atoms with van der Waals surface area (Å²) in [5.41, 5.74) is 1.67. The molecule has 1 aromatic carbocycles. The van der Waals surface area contributed by atoms with Crippen molar-refractivity contribution in [1.29, 1.82) is 0 Å². The number of rotatable bonds is 3. The standard InChI is InChI=1S/C14H13NO4S2/c1-9-7-15(12-5-3-2-4-11(9)12)21(18,19)13-6-10(8-20-13)14(16)17/h2-6,8-9H,7H2,1H3,(H,16,17). The van der Waals surface area contributed by atoms with Crippen molar-refractivity contribution in [2.75, 3.05) is 10.8 Å². The minimum absolute atomic E-state index is 0.000828. The van der Waals surface area contributed by atoms with Crippen LogP contribution in [0.4, 0.5) is 5.69 Å². The van der Waals surface area contributed by atoms with Crippen LogP contribution in [0, 0.1) is 0 Å². The maximum atomic E-state index is 12.7. The van der Waals surface area contributed by atoms with E-state index in [1.54, 1.807) is 12.1 Å². The van der Waals surface area contributed by atoms with Gasteiger partial charge in [-0.2, -0.15) is 0 Å². The van der Waals surface area contributed by atoms with Crippen LogP contribution in [0.5, 0.6) is 0 Å². The molecular formula is C14H13NO4S2. The maximum Gasteiger partial charge on any atom is 0.336 e. The van der Waals surface area contributed by atoms with E-state index >= 15 is 0 Å². The van der Waals surface area contributed by atoms with Crippen molar-refractivity contribution in [1.82, 2.24) is 0 Å². The lowest BCUT2D eigenvalue weighted by Crippen LogP contribution is -2.29. The molecule has 1 aromatic heterocycles. The fraction of sp³-hybridized carbons (Fsp3) is 0.214. The normalized spacial score (nSPS) is 17.8. The number of benzene rings is 1. The molecule has 1 unspecified atom stereocenters. The predicted molar refractivity (Wildman–Crippen MR) is 80.7 cm³/mol. The molecule has 0 amide bonds. The summed E-state index contributed by atoms with van der Waals surface area (Å²) in [5.74, 6) is -1.00. The van der Waals surface area contributed by atoms with Crippen molar-refractivity contribution in [2.45, 2.75) is 17.1 Å². The minimum atomic E-state index is -3.71. The van der Waals surface area contributed by atoms with E-state index in [9.17, 15) is 13.2 Å². The Hall–Kier alpha value is -1.86. The van der Waals surface area contributed by atoms with Crippen LogP contribution in [0.25, 0.3) is 0 Å². The monoisotopic (exact) mass is 323 g/mol. The molecule has 0 fully saturated rings. The van der Waals surface area contributed by atoms with Gasteiger partial charge in [-0.05, 0) is 17.7 Å². The molecule has 110 valence electrons. The second-order valence-electron chi connectivity index (χ2n) is 4.96. The van der Waals surface area contributed by atoms with Crippen LogP contribution < -0.4 is 4.31 Å². The van der Waals surface area contributed by atoms with E-state index in [0.717, 1.165) is 16.9 Å². The molecule has 0 bridgehead atoms. The molecule has 7 heteroatoms. The van der Waals surface area contributed by atoms with Crippen molar-refractivity contribution in [3.63, 3.8) is 0 Å². The van der Waals surface area contributed by atoms with Crippen molar-refractivity contribution < 1.29 is 18.3 Å². The Labute approximate surface area is 126 Å². The molecule has 0 aliphatic carbocycles. The summed E-state index contributed by atoms with van der Waals surface area (Å²) < 4.78 is 26.9. The van der Waals surface area contributed by atoms with Crippen molar-refractivity contribution >= 4 is 33.0 Å². The molecule has 5 nitrogen and oxygen atoms in total. The fourth-order valence-corrected chi connectivity index (χ4v) is 5.32. The molecule has 0 saturated carbocycles. The van der Waals surface area contributed by atoms with E-state index in [1.165, 1.54) is 15.8 Å². The largest absolute Gasteiger partial charge is 0.478 e. The number of para-hydroxylation sites is 1. The number of nitrogens with zero attached hydrogens (tertiary/aromatic N) is 1. The van der Waals surface area contributed by atoms with E-state index in [0.29, 0.717) is 12.2 Å². The second kappa shape index (κ2) is 4.85. The first-order chi connectivity index (χ1) is 9.91. The lowest BCUT2D eigenvalue weighted by atomic mass is 10.0. The summed E-state index contributed by atoms with van der Waals surface area (Å²) in [6.45, 7) is 2.35.